The van der Waals surface area contributed by atoms with Crippen molar-refractivity contribution in [2.24, 2.45) is 0 Å². The molecule has 0 aliphatic heterocycles. The van der Waals surface area contributed by atoms with E-state index in [1.54, 1.807) is 36.4 Å². The first-order valence-corrected chi connectivity index (χ1v) is 7.11. The molecule has 3 nitrogen and oxygen atoms in total. The maximum Gasteiger partial charge on any atom is 0.155 e. The molecule has 2 aromatic carbocycles. The number of aldehydes is 1. The summed E-state index contributed by atoms with van der Waals surface area (Å²) in [5.41, 5.74) is 1.87. The van der Waals surface area contributed by atoms with Crippen LogP contribution < -0.4 is 0 Å². The summed E-state index contributed by atoms with van der Waals surface area (Å²) < 4.78 is 14.5. The van der Waals surface area contributed by atoms with Gasteiger partial charge in [-0.15, -0.1) is 0 Å². The Morgan fingerprint density at radius 2 is 1.82 bits per heavy atom. The van der Waals surface area contributed by atoms with E-state index >= 15 is 0 Å². The molecule has 0 atom stereocenters. The second kappa shape index (κ2) is 5.91. The number of benzene rings is 2. The van der Waals surface area contributed by atoms with E-state index in [4.69, 9.17) is 23.2 Å². The van der Waals surface area contributed by atoms with Crippen LogP contribution in [0.5, 0.6) is 0 Å². The van der Waals surface area contributed by atoms with Crippen molar-refractivity contribution in [3.63, 3.8) is 0 Å². The molecule has 1 heterocycles. The SMILES string of the molecule is O=Cc1c(-c2ccc(F)cc2)nn(-c2cccc(Cl)c2)c1Cl. The first-order chi connectivity index (χ1) is 10.6. The first-order valence-electron chi connectivity index (χ1n) is 6.35. The lowest BCUT2D eigenvalue weighted by molar-refractivity contribution is 0.112. The van der Waals surface area contributed by atoms with Crippen LogP contribution in [0, 0.1) is 5.82 Å². The predicted molar refractivity (Wildman–Crippen MR) is 84.4 cm³/mol. The maximum atomic E-state index is 13.0. The summed E-state index contributed by atoms with van der Waals surface area (Å²) in [7, 11) is 0. The molecule has 1 aromatic heterocycles. The van der Waals surface area contributed by atoms with Gasteiger partial charge in [-0.2, -0.15) is 5.10 Å². The molecule has 0 amide bonds. The molecule has 0 saturated carbocycles. The second-order valence-corrected chi connectivity index (χ2v) is 5.36. The Labute approximate surface area is 135 Å². The van der Waals surface area contributed by atoms with Gasteiger partial charge < -0.3 is 0 Å². The number of rotatable bonds is 3. The van der Waals surface area contributed by atoms with Crippen LogP contribution in [0.3, 0.4) is 0 Å². The number of carbonyl (C=O) groups is 1. The van der Waals surface area contributed by atoms with E-state index in [0.717, 1.165) is 0 Å². The molecule has 0 radical (unpaired) electrons. The van der Waals surface area contributed by atoms with Crippen molar-refractivity contribution in [3.05, 3.63) is 70.1 Å². The molecular weight excluding hydrogens is 326 g/mol. The van der Waals surface area contributed by atoms with E-state index in [9.17, 15) is 9.18 Å². The highest BCUT2D eigenvalue weighted by Gasteiger charge is 2.18. The van der Waals surface area contributed by atoms with Gasteiger partial charge in [-0.05, 0) is 42.5 Å². The van der Waals surface area contributed by atoms with Crippen molar-refractivity contribution in [1.29, 1.82) is 0 Å². The monoisotopic (exact) mass is 334 g/mol. The zero-order valence-electron chi connectivity index (χ0n) is 11.1. The zero-order chi connectivity index (χ0) is 15.7. The Bertz CT molecular complexity index is 844. The minimum Gasteiger partial charge on any atom is -0.298 e. The highest BCUT2D eigenvalue weighted by Crippen LogP contribution is 2.30. The highest BCUT2D eigenvalue weighted by atomic mass is 35.5. The van der Waals surface area contributed by atoms with Crippen LogP contribution in [-0.4, -0.2) is 16.1 Å². The van der Waals surface area contributed by atoms with Crippen LogP contribution in [0.25, 0.3) is 16.9 Å². The summed E-state index contributed by atoms with van der Waals surface area (Å²) in [4.78, 5) is 11.4. The molecule has 0 aliphatic rings. The molecule has 0 N–H and O–H groups in total. The van der Waals surface area contributed by atoms with Crippen molar-refractivity contribution in [3.8, 4) is 16.9 Å². The third-order valence-corrected chi connectivity index (χ3v) is 3.75. The van der Waals surface area contributed by atoms with Gasteiger partial charge in [0.05, 0.1) is 11.3 Å². The average molecular weight is 335 g/mol. The van der Waals surface area contributed by atoms with Gasteiger partial charge in [0.1, 0.15) is 16.7 Å². The van der Waals surface area contributed by atoms with E-state index < -0.39 is 0 Å². The van der Waals surface area contributed by atoms with Gasteiger partial charge >= 0.3 is 0 Å². The van der Waals surface area contributed by atoms with Gasteiger partial charge in [0.2, 0.25) is 0 Å². The standard InChI is InChI=1S/C16H9Cl2FN2O/c17-11-2-1-3-13(8-11)21-16(18)14(9-22)15(20-21)10-4-6-12(19)7-5-10/h1-9H. The van der Waals surface area contributed by atoms with Crippen LogP contribution in [0.1, 0.15) is 10.4 Å². The van der Waals surface area contributed by atoms with Crippen LogP contribution >= 0.6 is 23.2 Å². The van der Waals surface area contributed by atoms with E-state index in [1.807, 2.05) is 0 Å². The van der Waals surface area contributed by atoms with Crippen LogP contribution in [-0.2, 0) is 0 Å². The number of nitrogens with zero attached hydrogens (tertiary/aromatic N) is 2. The fourth-order valence-electron chi connectivity index (χ4n) is 2.11. The van der Waals surface area contributed by atoms with Gasteiger partial charge in [0.15, 0.2) is 6.29 Å². The van der Waals surface area contributed by atoms with Gasteiger partial charge in [0.25, 0.3) is 0 Å². The predicted octanol–water partition coefficient (Wildman–Crippen LogP) is 4.80. The molecule has 0 spiro atoms. The normalized spacial score (nSPS) is 10.7. The molecule has 0 unspecified atom stereocenters. The van der Waals surface area contributed by atoms with Crippen molar-refractivity contribution in [1.82, 2.24) is 9.78 Å². The van der Waals surface area contributed by atoms with Crippen molar-refractivity contribution < 1.29 is 9.18 Å². The minimum atomic E-state index is -0.364. The van der Waals surface area contributed by atoms with Crippen molar-refractivity contribution in [2.75, 3.05) is 0 Å². The lowest BCUT2D eigenvalue weighted by Gasteiger charge is -2.03. The Morgan fingerprint density at radius 3 is 2.45 bits per heavy atom. The van der Waals surface area contributed by atoms with E-state index in [2.05, 4.69) is 5.10 Å². The van der Waals surface area contributed by atoms with Crippen LogP contribution in [0.2, 0.25) is 10.2 Å². The van der Waals surface area contributed by atoms with Gasteiger partial charge in [-0.1, -0.05) is 29.3 Å². The lowest BCUT2D eigenvalue weighted by atomic mass is 10.1. The Balaban J connectivity index is 2.18. The third kappa shape index (κ3) is 2.63. The smallest absolute Gasteiger partial charge is 0.155 e. The number of aromatic nitrogens is 2. The van der Waals surface area contributed by atoms with Crippen molar-refractivity contribution in [2.45, 2.75) is 0 Å². The summed E-state index contributed by atoms with van der Waals surface area (Å²) in [5, 5.41) is 5.07. The molecule has 3 aromatic rings. The second-order valence-electron chi connectivity index (χ2n) is 4.57. The third-order valence-electron chi connectivity index (χ3n) is 3.15. The average Bonchev–Trinajstić information content (AvgIpc) is 2.85. The molecule has 6 heteroatoms. The molecule has 0 bridgehead atoms. The van der Waals surface area contributed by atoms with Crippen LogP contribution in [0.4, 0.5) is 4.39 Å². The summed E-state index contributed by atoms with van der Waals surface area (Å²) in [5.74, 6) is -0.364. The number of halogens is 3. The van der Waals surface area contributed by atoms with Gasteiger partial charge in [0, 0.05) is 10.6 Å². The largest absolute Gasteiger partial charge is 0.298 e. The minimum absolute atomic E-state index is 0.177. The van der Waals surface area contributed by atoms with E-state index in [1.165, 1.54) is 16.8 Å². The first kappa shape index (κ1) is 14.8. The van der Waals surface area contributed by atoms with E-state index in [-0.39, 0.29) is 16.5 Å². The maximum absolute atomic E-state index is 13.0. The summed E-state index contributed by atoms with van der Waals surface area (Å²) in [6.45, 7) is 0. The molecule has 0 aliphatic carbocycles. The Kier molecular flexibility index (Phi) is 3.96. The molecule has 0 saturated heterocycles. The van der Waals surface area contributed by atoms with E-state index in [0.29, 0.717) is 28.3 Å². The summed E-state index contributed by atoms with van der Waals surface area (Å²) >= 11 is 12.2. The number of hydrogen-bond acceptors (Lipinski definition) is 2. The summed E-state index contributed by atoms with van der Waals surface area (Å²) in [6, 6.07) is 12.6. The molecule has 110 valence electrons. The highest BCUT2D eigenvalue weighted by molar-refractivity contribution is 6.33. The quantitative estimate of drug-likeness (QED) is 0.645. The topological polar surface area (TPSA) is 34.9 Å². The molecule has 3 rings (SSSR count). The van der Waals surface area contributed by atoms with Crippen LogP contribution in [0.15, 0.2) is 48.5 Å². The molecular formula is C16H9Cl2FN2O. The van der Waals surface area contributed by atoms with Gasteiger partial charge in [-0.3, -0.25) is 4.79 Å². The zero-order valence-corrected chi connectivity index (χ0v) is 12.6. The van der Waals surface area contributed by atoms with Crippen molar-refractivity contribution >= 4 is 29.5 Å². The summed E-state index contributed by atoms with van der Waals surface area (Å²) in [6.07, 6.45) is 0.634. The van der Waals surface area contributed by atoms with Gasteiger partial charge in [-0.25, -0.2) is 9.07 Å². The number of carbonyl (C=O) groups excluding carboxylic acids is 1. The lowest BCUT2D eigenvalue weighted by Crippen LogP contribution is -1.96. The fourth-order valence-corrected chi connectivity index (χ4v) is 2.57. The Morgan fingerprint density at radius 1 is 1.09 bits per heavy atom. The molecule has 22 heavy (non-hydrogen) atoms. The Hall–Kier alpha value is -2.17. The number of hydrogen-bond donors (Lipinski definition) is 0. The fraction of sp³-hybridized carbons (Fsp3) is 0. The molecule has 0 fully saturated rings.